The molecular weight excluding hydrogens is 308 g/mol. The van der Waals surface area contributed by atoms with E-state index in [0.29, 0.717) is 43.6 Å². The van der Waals surface area contributed by atoms with Crippen LogP contribution in [0, 0.1) is 5.92 Å². The molecule has 0 radical (unpaired) electrons. The molecule has 3 rings (SSSR count). The van der Waals surface area contributed by atoms with Gasteiger partial charge in [0.15, 0.2) is 5.76 Å². The molecule has 6 heteroatoms. The molecule has 2 amide bonds. The molecule has 0 aliphatic carbocycles. The Morgan fingerprint density at radius 3 is 2.96 bits per heavy atom. The van der Waals surface area contributed by atoms with Crippen molar-refractivity contribution in [3.05, 3.63) is 23.7 Å². The van der Waals surface area contributed by atoms with Crippen LogP contribution in [-0.4, -0.2) is 54.4 Å². The highest BCUT2D eigenvalue weighted by molar-refractivity contribution is 5.91. The predicted octanol–water partition coefficient (Wildman–Crippen LogP) is 2.29. The van der Waals surface area contributed by atoms with Gasteiger partial charge >= 0.3 is 0 Å². The maximum absolute atomic E-state index is 12.7. The van der Waals surface area contributed by atoms with E-state index >= 15 is 0 Å². The summed E-state index contributed by atoms with van der Waals surface area (Å²) in [6.07, 6.45) is 3.31. The Bertz CT molecular complexity index is 598. The van der Waals surface area contributed by atoms with E-state index in [-0.39, 0.29) is 17.9 Å². The maximum Gasteiger partial charge on any atom is 0.289 e. The van der Waals surface area contributed by atoms with Gasteiger partial charge in [0.05, 0.1) is 0 Å². The average molecular weight is 334 g/mol. The minimum absolute atomic E-state index is 0.0604. The second-order valence-electron chi connectivity index (χ2n) is 6.69. The minimum atomic E-state index is -0.0604. The zero-order valence-electron chi connectivity index (χ0n) is 14.5. The van der Waals surface area contributed by atoms with Crippen LogP contribution in [0.3, 0.4) is 0 Å². The first-order chi connectivity index (χ1) is 11.6. The molecule has 2 aliphatic heterocycles. The fourth-order valence-corrected chi connectivity index (χ4v) is 3.94. The van der Waals surface area contributed by atoms with Gasteiger partial charge in [0.2, 0.25) is 5.91 Å². The van der Waals surface area contributed by atoms with Crippen LogP contribution in [0.4, 0.5) is 0 Å². The summed E-state index contributed by atoms with van der Waals surface area (Å²) in [5.74, 6) is 1.62. The van der Waals surface area contributed by atoms with Crippen LogP contribution >= 0.6 is 0 Å². The SMILES string of the molecule is CCCN1C(=O)CC[C@H]2CN(C(=O)c3ccc(COC)o3)CC[C@H]21. The molecule has 0 bridgehead atoms. The normalized spacial score (nSPS) is 24.2. The van der Waals surface area contributed by atoms with Crippen molar-refractivity contribution in [2.45, 2.75) is 45.3 Å². The van der Waals surface area contributed by atoms with Gasteiger partial charge in [-0.1, -0.05) is 6.92 Å². The second kappa shape index (κ2) is 7.38. The van der Waals surface area contributed by atoms with Gasteiger partial charge in [-0.05, 0) is 37.3 Å². The fraction of sp³-hybridized carbons (Fsp3) is 0.667. The Hall–Kier alpha value is -1.82. The van der Waals surface area contributed by atoms with Crippen LogP contribution in [0.15, 0.2) is 16.5 Å². The van der Waals surface area contributed by atoms with Crippen molar-refractivity contribution in [1.82, 2.24) is 9.80 Å². The number of hydrogen-bond donors (Lipinski definition) is 0. The van der Waals surface area contributed by atoms with E-state index in [0.717, 1.165) is 25.8 Å². The monoisotopic (exact) mass is 334 g/mol. The number of amides is 2. The molecule has 0 aromatic carbocycles. The fourth-order valence-electron chi connectivity index (χ4n) is 3.94. The number of likely N-dealkylation sites (tertiary alicyclic amines) is 2. The van der Waals surface area contributed by atoms with Crippen LogP contribution in [-0.2, 0) is 16.1 Å². The molecule has 6 nitrogen and oxygen atoms in total. The predicted molar refractivity (Wildman–Crippen MR) is 88.5 cm³/mol. The van der Waals surface area contributed by atoms with Crippen LogP contribution in [0.2, 0.25) is 0 Å². The van der Waals surface area contributed by atoms with Crippen molar-refractivity contribution in [3.8, 4) is 0 Å². The molecule has 2 fully saturated rings. The molecule has 3 heterocycles. The zero-order valence-corrected chi connectivity index (χ0v) is 14.5. The smallest absolute Gasteiger partial charge is 0.289 e. The highest BCUT2D eigenvalue weighted by Crippen LogP contribution is 2.32. The van der Waals surface area contributed by atoms with Crippen molar-refractivity contribution in [2.75, 3.05) is 26.7 Å². The third-order valence-electron chi connectivity index (χ3n) is 5.05. The van der Waals surface area contributed by atoms with Gasteiger partial charge < -0.3 is 19.0 Å². The summed E-state index contributed by atoms with van der Waals surface area (Å²) in [7, 11) is 1.60. The largest absolute Gasteiger partial charge is 0.453 e. The summed E-state index contributed by atoms with van der Waals surface area (Å²) in [6.45, 7) is 4.67. The molecule has 0 N–H and O–H groups in total. The highest BCUT2D eigenvalue weighted by Gasteiger charge is 2.40. The number of hydrogen-bond acceptors (Lipinski definition) is 4. The van der Waals surface area contributed by atoms with Crippen LogP contribution in [0.25, 0.3) is 0 Å². The van der Waals surface area contributed by atoms with Crippen molar-refractivity contribution in [3.63, 3.8) is 0 Å². The highest BCUT2D eigenvalue weighted by atomic mass is 16.5. The van der Waals surface area contributed by atoms with E-state index in [1.807, 2.05) is 9.80 Å². The van der Waals surface area contributed by atoms with E-state index in [2.05, 4.69) is 6.92 Å². The van der Waals surface area contributed by atoms with Crippen LogP contribution in [0.1, 0.15) is 48.9 Å². The first-order valence-electron chi connectivity index (χ1n) is 8.80. The molecule has 132 valence electrons. The maximum atomic E-state index is 12.7. The lowest BCUT2D eigenvalue weighted by Gasteiger charge is -2.47. The van der Waals surface area contributed by atoms with Gasteiger partial charge in [0.25, 0.3) is 5.91 Å². The quantitative estimate of drug-likeness (QED) is 0.829. The Morgan fingerprint density at radius 1 is 1.38 bits per heavy atom. The van der Waals surface area contributed by atoms with E-state index in [9.17, 15) is 9.59 Å². The summed E-state index contributed by atoms with van der Waals surface area (Å²) in [4.78, 5) is 28.7. The summed E-state index contributed by atoms with van der Waals surface area (Å²) >= 11 is 0. The molecular formula is C18H26N2O4. The topological polar surface area (TPSA) is 63.0 Å². The second-order valence-corrected chi connectivity index (χ2v) is 6.69. The third kappa shape index (κ3) is 3.34. The number of carbonyl (C=O) groups is 2. The van der Waals surface area contributed by atoms with Gasteiger partial charge in [0, 0.05) is 39.2 Å². The zero-order chi connectivity index (χ0) is 17.1. The summed E-state index contributed by atoms with van der Waals surface area (Å²) in [5.41, 5.74) is 0. The van der Waals surface area contributed by atoms with E-state index in [4.69, 9.17) is 9.15 Å². The van der Waals surface area contributed by atoms with Crippen molar-refractivity contribution >= 4 is 11.8 Å². The Kier molecular flexibility index (Phi) is 5.23. The van der Waals surface area contributed by atoms with Crippen molar-refractivity contribution in [1.29, 1.82) is 0 Å². The van der Waals surface area contributed by atoms with Crippen LogP contribution in [0.5, 0.6) is 0 Å². The lowest BCUT2D eigenvalue weighted by molar-refractivity contribution is -0.140. The number of nitrogens with zero attached hydrogens (tertiary/aromatic N) is 2. The number of methoxy groups -OCH3 is 1. The summed E-state index contributed by atoms with van der Waals surface area (Å²) < 4.78 is 10.6. The molecule has 1 aromatic heterocycles. The molecule has 1 aromatic rings. The van der Waals surface area contributed by atoms with Crippen LogP contribution < -0.4 is 0 Å². The number of rotatable bonds is 5. The van der Waals surface area contributed by atoms with Gasteiger partial charge in [0.1, 0.15) is 12.4 Å². The molecule has 24 heavy (non-hydrogen) atoms. The summed E-state index contributed by atoms with van der Waals surface area (Å²) in [5, 5.41) is 0. The van der Waals surface area contributed by atoms with Gasteiger partial charge in [-0.3, -0.25) is 9.59 Å². The van der Waals surface area contributed by atoms with Crippen molar-refractivity contribution in [2.24, 2.45) is 5.92 Å². The summed E-state index contributed by atoms with van der Waals surface area (Å²) in [6, 6.07) is 3.79. The lowest BCUT2D eigenvalue weighted by atomic mass is 9.83. The Balaban J connectivity index is 1.66. The van der Waals surface area contributed by atoms with Crippen molar-refractivity contribution < 1.29 is 18.7 Å². The third-order valence-corrected chi connectivity index (χ3v) is 5.05. The number of carbonyl (C=O) groups excluding carboxylic acids is 2. The van der Waals surface area contributed by atoms with Gasteiger partial charge in [-0.2, -0.15) is 0 Å². The molecule has 2 aliphatic rings. The standard InChI is InChI=1S/C18H26N2O4/c1-3-9-20-15-8-10-19(11-13(15)4-7-17(20)21)18(22)16-6-5-14(24-16)12-23-2/h5-6,13,15H,3-4,7-12H2,1-2H3/t13-,15+/m0/s1. The van der Waals surface area contributed by atoms with Gasteiger partial charge in [-0.25, -0.2) is 0 Å². The Labute approximate surface area is 142 Å². The van der Waals surface area contributed by atoms with Gasteiger partial charge in [-0.15, -0.1) is 0 Å². The molecule has 2 atom stereocenters. The minimum Gasteiger partial charge on any atom is -0.453 e. The lowest BCUT2D eigenvalue weighted by Crippen LogP contribution is -2.57. The Morgan fingerprint density at radius 2 is 2.21 bits per heavy atom. The number of piperidine rings is 2. The average Bonchev–Trinajstić information content (AvgIpc) is 3.05. The first kappa shape index (κ1) is 17.0. The van der Waals surface area contributed by atoms with E-state index < -0.39 is 0 Å². The number of furan rings is 1. The first-order valence-corrected chi connectivity index (χ1v) is 8.80. The molecule has 2 saturated heterocycles. The molecule has 0 saturated carbocycles. The number of ether oxygens (including phenoxy) is 1. The number of fused-ring (bicyclic) bond motifs is 1. The van der Waals surface area contributed by atoms with E-state index in [1.165, 1.54) is 0 Å². The molecule has 0 spiro atoms. The van der Waals surface area contributed by atoms with E-state index in [1.54, 1.807) is 19.2 Å². The molecule has 0 unspecified atom stereocenters.